The molecular weight excluding hydrogens is 446 g/mol. The number of carbonyl (C=O) groups excluding carboxylic acids is 1. The van der Waals surface area contributed by atoms with Crippen LogP contribution in [0.2, 0.25) is 0 Å². The highest BCUT2D eigenvalue weighted by molar-refractivity contribution is 8.26. The fourth-order valence-corrected chi connectivity index (χ4v) is 4.96. The van der Waals surface area contributed by atoms with E-state index in [4.69, 9.17) is 17.0 Å². The first-order valence-corrected chi connectivity index (χ1v) is 11.4. The van der Waals surface area contributed by atoms with Crippen LogP contribution in [0.25, 0.3) is 16.2 Å². The Bertz CT molecular complexity index is 1300. The van der Waals surface area contributed by atoms with E-state index in [-0.39, 0.29) is 5.91 Å². The number of hydrazine groups is 1. The van der Waals surface area contributed by atoms with Crippen LogP contribution in [0.15, 0.2) is 83.8 Å². The Balaban J connectivity index is 1.32. The number of thiocarbonyl (C=S) groups is 1. The van der Waals surface area contributed by atoms with E-state index in [2.05, 4.69) is 9.80 Å². The molecule has 0 radical (unpaired) electrons. The molecule has 1 N–H and O–H groups in total. The zero-order valence-electron chi connectivity index (χ0n) is 16.0. The molecule has 0 unspecified atom stereocenters. The summed E-state index contributed by atoms with van der Waals surface area (Å²) in [7, 11) is 0. The minimum Gasteiger partial charge on any atom is -0.457 e. The second-order valence-corrected chi connectivity index (χ2v) is 9.12. The van der Waals surface area contributed by atoms with Gasteiger partial charge in [0.15, 0.2) is 10.1 Å². The fraction of sp³-hybridized carbons (Fsp3) is 0. The fourth-order valence-electron chi connectivity index (χ4n) is 3.04. The van der Waals surface area contributed by atoms with Gasteiger partial charge in [-0.3, -0.25) is 10.2 Å². The second kappa shape index (κ2) is 8.50. The Morgan fingerprint density at radius 3 is 2.45 bits per heavy atom. The number of hydrogen-bond donors (Lipinski definition) is 1. The molecule has 0 bridgehead atoms. The van der Waals surface area contributed by atoms with Gasteiger partial charge in [0.25, 0.3) is 5.91 Å². The quantitative estimate of drug-likeness (QED) is 0.277. The number of anilines is 1. The van der Waals surface area contributed by atoms with Gasteiger partial charge in [-0.05, 0) is 71.8 Å². The van der Waals surface area contributed by atoms with Gasteiger partial charge in [0.2, 0.25) is 0 Å². The number of fused-ring (bicyclic) bond motifs is 1. The standard InChI is InChI=1S/C23H15N3O2S3/c27-22-20(14-15-10-12-17(13-11-15)28-16-6-2-1-3-7-16)30-23(29)26(22)24-21-18-8-4-5-9-19(18)31-25-21/h1-14H,(H,24,25). The maximum atomic E-state index is 12.9. The maximum absolute atomic E-state index is 12.9. The Kier molecular flexibility index (Phi) is 5.42. The summed E-state index contributed by atoms with van der Waals surface area (Å²) in [5, 5.41) is 2.33. The van der Waals surface area contributed by atoms with Crippen LogP contribution in [0.4, 0.5) is 5.82 Å². The van der Waals surface area contributed by atoms with Crippen LogP contribution in [-0.2, 0) is 4.79 Å². The van der Waals surface area contributed by atoms with Crippen molar-refractivity contribution < 1.29 is 9.53 Å². The van der Waals surface area contributed by atoms with Crippen molar-refractivity contribution in [2.45, 2.75) is 0 Å². The van der Waals surface area contributed by atoms with E-state index in [1.807, 2.05) is 84.9 Å². The molecule has 8 heteroatoms. The van der Waals surface area contributed by atoms with E-state index in [9.17, 15) is 4.79 Å². The summed E-state index contributed by atoms with van der Waals surface area (Å²) in [4.78, 5) is 13.5. The average molecular weight is 462 g/mol. The van der Waals surface area contributed by atoms with Crippen molar-refractivity contribution in [1.29, 1.82) is 0 Å². The number of ether oxygens (including phenoxy) is 1. The zero-order valence-corrected chi connectivity index (χ0v) is 18.5. The van der Waals surface area contributed by atoms with Gasteiger partial charge in [-0.15, -0.1) is 0 Å². The summed E-state index contributed by atoms with van der Waals surface area (Å²) in [5.41, 5.74) is 3.96. The van der Waals surface area contributed by atoms with E-state index < -0.39 is 0 Å². The lowest BCUT2D eigenvalue weighted by atomic mass is 10.2. The highest BCUT2D eigenvalue weighted by Gasteiger charge is 2.33. The topological polar surface area (TPSA) is 54.5 Å². The van der Waals surface area contributed by atoms with Crippen molar-refractivity contribution in [2.24, 2.45) is 0 Å². The molecule has 152 valence electrons. The molecule has 2 heterocycles. The van der Waals surface area contributed by atoms with Gasteiger partial charge >= 0.3 is 0 Å². The van der Waals surface area contributed by atoms with Crippen LogP contribution in [0.1, 0.15) is 5.56 Å². The minimum atomic E-state index is -0.198. The van der Waals surface area contributed by atoms with Crippen molar-refractivity contribution >= 4 is 67.7 Å². The largest absolute Gasteiger partial charge is 0.457 e. The third-order valence-corrected chi connectivity index (χ3v) is 6.67. The third-order valence-electron chi connectivity index (χ3n) is 4.55. The molecule has 3 aromatic carbocycles. The van der Waals surface area contributed by atoms with Gasteiger partial charge in [-0.2, -0.15) is 9.38 Å². The van der Waals surface area contributed by atoms with Crippen LogP contribution in [0, 0.1) is 0 Å². The van der Waals surface area contributed by atoms with Crippen molar-refractivity contribution in [1.82, 2.24) is 9.38 Å². The number of carbonyl (C=O) groups is 1. The SMILES string of the molecule is O=C1C(=Cc2ccc(Oc3ccccc3)cc2)SC(=S)N1Nc1nsc2ccccc12. The molecule has 1 aliphatic rings. The lowest BCUT2D eigenvalue weighted by molar-refractivity contribution is -0.121. The van der Waals surface area contributed by atoms with Gasteiger partial charge in [0.05, 0.1) is 9.61 Å². The molecule has 0 atom stereocenters. The normalized spacial score (nSPS) is 15.1. The predicted octanol–water partition coefficient (Wildman–Crippen LogP) is 6.32. The number of aromatic nitrogens is 1. The van der Waals surface area contributed by atoms with Gasteiger partial charge < -0.3 is 4.74 Å². The molecule has 1 aliphatic heterocycles. The highest BCUT2D eigenvalue weighted by atomic mass is 32.2. The Labute approximate surface area is 192 Å². The van der Waals surface area contributed by atoms with Gasteiger partial charge in [-0.25, -0.2) is 0 Å². The number of para-hydroxylation sites is 1. The van der Waals surface area contributed by atoms with Gasteiger partial charge in [0.1, 0.15) is 11.5 Å². The zero-order chi connectivity index (χ0) is 21.2. The number of hydrogen-bond acceptors (Lipinski definition) is 7. The number of rotatable bonds is 5. The molecule has 0 aliphatic carbocycles. The first-order valence-electron chi connectivity index (χ1n) is 9.39. The molecule has 5 nitrogen and oxygen atoms in total. The van der Waals surface area contributed by atoms with E-state index in [0.29, 0.717) is 15.0 Å². The van der Waals surface area contributed by atoms with Crippen LogP contribution < -0.4 is 10.2 Å². The number of thioether (sulfide) groups is 1. The lowest BCUT2D eigenvalue weighted by Crippen LogP contribution is -2.34. The number of amides is 1. The molecule has 31 heavy (non-hydrogen) atoms. The number of nitrogens with zero attached hydrogens (tertiary/aromatic N) is 2. The van der Waals surface area contributed by atoms with Crippen LogP contribution >= 0.6 is 35.5 Å². The monoisotopic (exact) mass is 461 g/mol. The summed E-state index contributed by atoms with van der Waals surface area (Å²) in [6.07, 6.45) is 1.83. The summed E-state index contributed by atoms with van der Waals surface area (Å²) >= 11 is 8.06. The first-order chi connectivity index (χ1) is 15.2. The first kappa shape index (κ1) is 19.7. The van der Waals surface area contributed by atoms with E-state index in [0.717, 1.165) is 27.1 Å². The molecular formula is C23H15N3O2S3. The lowest BCUT2D eigenvalue weighted by Gasteiger charge is -2.15. The molecule has 0 saturated carbocycles. The summed E-state index contributed by atoms with van der Waals surface area (Å²) in [5.74, 6) is 1.93. The maximum Gasteiger partial charge on any atom is 0.285 e. The molecule has 1 aromatic heterocycles. The van der Waals surface area contributed by atoms with Crippen LogP contribution in [-0.4, -0.2) is 19.6 Å². The Hall–Kier alpha value is -3.20. The average Bonchev–Trinajstić information content (AvgIpc) is 3.32. The minimum absolute atomic E-state index is 0.198. The van der Waals surface area contributed by atoms with Gasteiger partial charge in [-0.1, -0.05) is 54.2 Å². The number of benzene rings is 3. The van der Waals surface area contributed by atoms with Crippen LogP contribution in [0.3, 0.4) is 0 Å². The molecule has 5 rings (SSSR count). The number of nitrogens with one attached hydrogen (secondary N) is 1. The van der Waals surface area contributed by atoms with Crippen molar-refractivity contribution in [3.63, 3.8) is 0 Å². The predicted molar refractivity (Wildman–Crippen MR) is 131 cm³/mol. The molecule has 1 fully saturated rings. The molecule has 1 saturated heterocycles. The third kappa shape index (κ3) is 4.18. The Morgan fingerprint density at radius 1 is 0.935 bits per heavy atom. The van der Waals surface area contributed by atoms with E-state index in [1.54, 1.807) is 0 Å². The van der Waals surface area contributed by atoms with Crippen molar-refractivity contribution in [2.75, 3.05) is 5.43 Å². The molecule has 1 amide bonds. The van der Waals surface area contributed by atoms with Crippen molar-refractivity contribution in [3.8, 4) is 11.5 Å². The van der Waals surface area contributed by atoms with E-state index in [1.165, 1.54) is 28.3 Å². The summed E-state index contributed by atoms with van der Waals surface area (Å²) in [6, 6.07) is 25.0. The Morgan fingerprint density at radius 2 is 1.65 bits per heavy atom. The summed E-state index contributed by atoms with van der Waals surface area (Å²) < 4.78 is 11.7. The second-order valence-electron chi connectivity index (χ2n) is 6.64. The highest BCUT2D eigenvalue weighted by Crippen LogP contribution is 2.35. The van der Waals surface area contributed by atoms with E-state index >= 15 is 0 Å². The van der Waals surface area contributed by atoms with Crippen molar-refractivity contribution in [3.05, 3.63) is 89.3 Å². The molecule has 4 aromatic rings. The van der Waals surface area contributed by atoms with Gasteiger partial charge in [0, 0.05) is 5.39 Å². The van der Waals surface area contributed by atoms with Crippen LogP contribution in [0.5, 0.6) is 11.5 Å². The summed E-state index contributed by atoms with van der Waals surface area (Å²) in [6.45, 7) is 0. The smallest absolute Gasteiger partial charge is 0.285 e. The molecule has 0 spiro atoms.